The third-order valence-corrected chi connectivity index (χ3v) is 3.44. The molecule has 0 saturated heterocycles. The molecule has 0 aliphatic rings. The lowest BCUT2D eigenvalue weighted by molar-refractivity contribution is 0.551. The molecule has 1 aromatic heterocycles. The van der Waals surface area contributed by atoms with Gasteiger partial charge in [0.25, 0.3) is 0 Å². The van der Waals surface area contributed by atoms with E-state index in [1.54, 1.807) is 6.20 Å². The van der Waals surface area contributed by atoms with Crippen molar-refractivity contribution in [2.75, 3.05) is 0 Å². The van der Waals surface area contributed by atoms with Crippen molar-refractivity contribution in [3.63, 3.8) is 0 Å². The average molecular weight is 327 g/mol. The van der Waals surface area contributed by atoms with Crippen molar-refractivity contribution in [2.45, 2.75) is 12.5 Å². The molecule has 3 nitrogen and oxygen atoms in total. The molecule has 0 bridgehead atoms. The van der Waals surface area contributed by atoms with Gasteiger partial charge in [-0.3, -0.25) is 11.3 Å². The van der Waals surface area contributed by atoms with E-state index in [0.717, 1.165) is 16.5 Å². The summed E-state index contributed by atoms with van der Waals surface area (Å²) in [4.78, 5) is 3.97. The molecule has 94 valence electrons. The number of hydrogen-bond donors (Lipinski definition) is 2. The van der Waals surface area contributed by atoms with Crippen LogP contribution in [0.15, 0.2) is 47.1 Å². The Bertz CT molecular complexity index is 516. The minimum atomic E-state index is 0.0201. The van der Waals surface area contributed by atoms with E-state index in [0.29, 0.717) is 5.15 Å². The zero-order valence-electron chi connectivity index (χ0n) is 9.61. The SMILES string of the molecule is NNC(Cc1ccc(Br)cc1)c1ccnc(Cl)c1. The van der Waals surface area contributed by atoms with Crippen LogP contribution in [-0.4, -0.2) is 4.98 Å². The van der Waals surface area contributed by atoms with Gasteiger partial charge in [-0.2, -0.15) is 0 Å². The summed E-state index contributed by atoms with van der Waals surface area (Å²) in [5.41, 5.74) is 5.04. The highest BCUT2D eigenvalue weighted by molar-refractivity contribution is 9.10. The third-order valence-electron chi connectivity index (χ3n) is 2.71. The van der Waals surface area contributed by atoms with E-state index in [9.17, 15) is 0 Å². The summed E-state index contributed by atoms with van der Waals surface area (Å²) < 4.78 is 1.07. The molecular formula is C13H13BrClN3. The number of nitrogens with two attached hydrogens (primary N) is 1. The molecule has 18 heavy (non-hydrogen) atoms. The van der Waals surface area contributed by atoms with Gasteiger partial charge in [0, 0.05) is 10.7 Å². The van der Waals surface area contributed by atoms with Crippen molar-refractivity contribution in [1.29, 1.82) is 0 Å². The van der Waals surface area contributed by atoms with Gasteiger partial charge in [-0.15, -0.1) is 0 Å². The zero-order valence-corrected chi connectivity index (χ0v) is 11.9. The second-order valence-electron chi connectivity index (χ2n) is 3.96. The van der Waals surface area contributed by atoms with Crippen LogP contribution >= 0.6 is 27.5 Å². The molecule has 0 spiro atoms. The highest BCUT2D eigenvalue weighted by atomic mass is 79.9. The third kappa shape index (κ3) is 3.53. The Morgan fingerprint density at radius 1 is 1.28 bits per heavy atom. The van der Waals surface area contributed by atoms with Gasteiger partial charge in [0.05, 0.1) is 6.04 Å². The minimum absolute atomic E-state index is 0.0201. The summed E-state index contributed by atoms with van der Waals surface area (Å²) in [6.45, 7) is 0. The Morgan fingerprint density at radius 3 is 2.61 bits per heavy atom. The number of pyridine rings is 1. The van der Waals surface area contributed by atoms with Crippen LogP contribution in [0, 0.1) is 0 Å². The fourth-order valence-corrected chi connectivity index (χ4v) is 2.21. The first-order valence-corrected chi connectivity index (χ1v) is 6.68. The fourth-order valence-electron chi connectivity index (χ4n) is 1.76. The summed E-state index contributed by atoms with van der Waals surface area (Å²) in [6.07, 6.45) is 2.48. The number of benzene rings is 1. The van der Waals surface area contributed by atoms with Crippen LogP contribution in [0.4, 0.5) is 0 Å². The van der Waals surface area contributed by atoms with Crippen LogP contribution in [0.25, 0.3) is 0 Å². The summed E-state index contributed by atoms with van der Waals surface area (Å²) in [6, 6.07) is 11.9. The summed E-state index contributed by atoms with van der Waals surface area (Å²) in [5.74, 6) is 5.61. The average Bonchev–Trinajstić information content (AvgIpc) is 2.38. The number of aromatic nitrogens is 1. The lowest BCUT2D eigenvalue weighted by Crippen LogP contribution is -2.29. The van der Waals surface area contributed by atoms with Crippen LogP contribution in [0.3, 0.4) is 0 Å². The molecule has 1 aromatic carbocycles. The second kappa shape index (κ2) is 6.29. The van der Waals surface area contributed by atoms with E-state index in [-0.39, 0.29) is 6.04 Å². The Kier molecular flexibility index (Phi) is 4.72. The minimum Gasteiger partial charge on any atom is -0.271 e. The first-order chi connectivity index (χ1) is 8.69. The van der Waals surface area contributed by atoms with Gasteiger partial charge in [0.1, 0.15) is 5.15 Å². The molecular weight excluding hydrogens is 314 g/mol. The van der Waals surface area contributed by atoms with Crippen molar-refractivity contribution in [2.24, 2.45) is 5.84 Å². The second-order valence-corrected chi connectivity index (χ2v) is 5.26. The van der Waals surface area contributed by atoms with Crippen molar-refractivity contribution in [3.05, 3.63) is 63.3 Å². The van der Waals surface area contributed by atoms with E-state index in [1.165, 1.54) is 5.56 Å². The van der Waals surface area contributed by atoms with E-state index < -0.39 is 0 Å². The quantitative estimate of drug-likeness (QED) is 0.515. The van der Waals surface area contributed by atoms with Crippen molar-refractivity contribution >= 4 is 27.5 Å². The van der Waals surface area contributed by atoms with E-state index in [1.807, 2.05) is 24.3 Å². The number of nitrogens with one attached hydrogen (secondary N) is 1. The van der Waals surface area contributed by atoms with E-state index in [4.69, 9.17) is 17.4 Å². The van der Waals surface area contributed by atoms with Crippen LogP contribution in [-0.2, 0) is 6.42 Å². The Labute approximate surface area is 119 Å². The van der Waals surface area contributed by atoms with Crippen LogP contribution in [0.1, 0.15) is 17.2 Å². The largest absolute Gasteiger partial charge is 0.271 e. The maximum atomic E-state index is 5.88. The van der Waals surface area contributed by atoms with Crippen molar-refractivity contribution in [1.82, 2.24) is 10.4 Å². The number of hydrazine groups is 1. The summed E-state index contributed by atoms with van der Waals surface area (Å²) in [5, 5.41) is 0.476. The van der Waals surface area contributed by atoms with Crippen LogP contribution in [0.5, 0.6) is 0 Å². The first kappa shape index (κ1) is 13.5. The number of halogens is 2. The molecule has 1 heterocycles. The molecule has 0 radical (unpaired) electrons. The Morgan fingerprint density at radius 2 is 2.00 bits per heavy atom. The molecule has 2 aromatic rings. The van der Waals surface area contributed by atoms with Crippen molar-refractivity contribution in [3.8, 4) is 0 Å². The zero-order chi connectivity index (χ0) is 13.0. The standard InChI is InChI=1S/C13H13BrClN3/c14-11-3-1-9(2-4-11)7-12(18-16)10-5-6-17-13(15)8-10/h1-6,8,12,18H,7,16H2. The number of rotatable bonds is 4. The van der Waals surface area contributed by atoms with E-state index in [2.05, 4.69) is 38.5 Å². The van der Waals surface area contributed by atoms with Gasteiger partial charge >= 0.3 is 0 Å². The van der Waals surface area contributed by atoms with Crippen molar-refractivity contribution < 1.29 is 0 Å². The molecule has 0 fully saturated rings. The maximum absolute atomic E-state index is 5.88. The first-order valence-electron chi connectivity index (χ1n) is 5.51. The van der Waals surface area contributed by atoms with Gasteiger partial charge in [0.2, 0.25) is 0 Å². The topological polar surface area (TPSA) is 50.9 Å². The maximum Gasteiger partial charge on any atom is 0.129 e. The molecule has 0 aliphatic heterocycles. The van der Waals surface area contributed by atoms with Crippen LogP contribution < -0.4 is 11.3 Å². The predicted molar refractivity (Wildman–Crippen MR) is 77.2 cm³/mol. The highest BCUT2D eigenvalue weighted by Crippen LogP contribution is 2.20. The Balaban J connectivity index is 2.17. The molecule has 1 unspecified atom stereocenters. The van der Waals surface area contributed by atoms with E-state index >= 15 is 0 Å². The van der Waals surface area contributed by atoms with Gasteiger partial charge in [0.15, 0.2) is 0 Å². The molecule has 3 N–H and O–H groups in total. The monoisotopic (exact) mass is 325 g/mol. The lowest BCUT2D eigenvalue weighted by Gasteiger charge is -2.16. The smallest absolute Gasteiger partial charge is 0.129 e. The fraction of sp³-hybridized carbons (Fsp3) is 0.154. The highest BCUT2D eigenvalue weighted by Gasteiger charge is 2.11. The van der Waals surface area contributed by atoms with Crippen LogP contribution in [0.2, 0.25) is 5.15 Å². The molecule has 0 amide bonds. The molecule has 2 rings (SSSR count). The normalized spacial score (nSPS) is 12.4. The van der Waals surface area contributed by atoms with Gasteiger partial charge in [-0.25, -0.2) is 4.98 Å². The van der Waals surface area contributed by atoms with Gasteiger partial charge in [-0.1, -0.05) is 39.7 Å². The summed E-state index contributed by atoms with van der Waals surface area (Å²) >= 11 is 9.30. The molecule has 5 heteroatoms. The molecule has 1 atom stereocenters. The van der Waals surface area contributed by atoms with Gasteiger partial charge < -0.3 is 0 Å². The Hall–Kier alpha value is -0.940. The molecule has 0 aliphatic carbocycles. The predicted octanol–water partition coefficient (Wildman–Crippen LogP) is 3.24. The number of hydrogen-bond acceptors (Lipinski definition) is 3. The summed E-state index contributed by atoms with van der Waals surface area (Å²) in [7, 11) is 0. The lowest BCUT2D eigenvalue weighted by atomic mass is 10.0. The molecule has 0 saturated carbocycles. The van der Waals surface area contributed by atoms with Gasteiger partial charge in [-0.05, 0) is 41.8 Å². The number of nitrogens with zero attached hydrogens (tertiary/aromatic N) is 1.